The number of hydrogen-bond acceptors (Lipinski definition) is 5. The summed E-state index contributed by atoms with van der Waals surface area (Å²) >= 11 is 0. The zero-order valence-electron chi connectivity index (χ0n) is 15.6. The maximum absolute atomic E-state index is 12.6. The van der Waals surface area contributed by atoms with Crippen LogP contribution in [0.5, 0.6) is 0 Å². The fourth-order valence-electron chi connectivity index (χ4n) is 3.29. The number of carbonyl (C=O) groups excluding carboxylic acids is 1. The molecule has 1 aromatic carbocycles. The minimum absolute atomic E-state index is 0.155. The molecule has 1 saturated heterocycles. The minimum atomic E-state index is -0.155. The summed E-state index contributed by atoms with van der Waals surface area (Å²) in [5, 5.41) is 6.15. The summed E-state index contributed by atoms with van der Waals surface area (Å²) in [6, 6.07) is 17.2. The van der Waals surface area contributed by atoms with Crippen molar-refractivity contribution < 1.29 is 4.79 Å². The normalized spacial score (nSPS) is 13.4. The van der Waals surface area contributed by atoms with E-state index >= 15 is 0 Å². The molecule has 0 atom stereocenters. The molecule has 3 heterocycles. The number of rotatable bonds is 6. The maximum Gasteiger partial charge on any atom is 0.255 e. The monoisotopic (exact) mass is 373 g/mol. The quantitative estimate of drug-likeness (QED) is 0.685. The Balaban J connectivity index is 1.37. The zero-order valence-corrected chi connectivity index (χ0v) is 15.6. The van der Waals surface area contributed by atoms with E-state index in [2.05, 4.69) is 37.6 Å². The van der Waals surface area contributed by atoms with E-state index in [1.54, 1.807) is 24.5 Å². The predicted molar refractivity (Wildman–Crippen MR) is 112 cm³/mol. The van der Waals surface area contributed by atoms with Gasteiger partial charge in [0.2, 0.25) is 0 Å². The van der Waals surface area contributed by atoms with Crippen molar-refractivity contribution in [2.24, 2.45) is 0 Å². The molecule has 2 aromatic heterocycles. The summed E-state index contributed by atoms with van der Waals surface area (Å²) in [7, 11) is 0. The van der Waals surface area contributed by atoms with Crippen molar-refractivity contribution in [3.8, 4) is 0 Å². The highest BCUT2D eigenvalue weighted by Crippen LogP contribution is 2.22. The largest absolute Gasteiger partial charge is 0.372 e. The number of aromatic nitrogens is 2. The number of benzene rings is 1. The van der Waals surface area contributed by atoms with Crippen LogP contribution in [0.1, 0.15) is 28.9 Å². The Bertz CT molecular complexity index is 921. The smallest absolute Gasteiger partial charge is 0.255 e. The summed E-state index contributed by atoms with van der Waals surface area (Å²) in [4.78, 5) is 23.5. The van der Waals surface area contributed by atoms with Gasteiger partial charge in [0, 0.05) is 42.4 Å². The SMILES string of the molecule is O=C(Nc1ccc(N2CCCC2)cc1)c1ccnc(NCc2ccccn2)c1. The zero-order chi connectivity index (χ0) is 19.2. The van der Waals surface area contributed by atoms with Crippen molar-refractivity contribution in [3.05, 3.63) is 78.2 Å². The number of amides is 1. The highest BCUT2D eigenvalue weighted by molar-refractivity contribution is 6.04. The van der Waals surface area contributed by atoms with Crippen LogP contribution in [0.3, 0.4) is 0 Å². The Morgan fingerprint density at radius 1 is 0.964 bits per heavy atom. The van der Waals surface area contributed by atoms with E-state index in [9.17, 15) is 4.79 Å². The van der Waals surface area contributed by atoms with Gasteiger partial charge in [0.1, 0.15) is 5.82 Å². The second-order valence-corrected chi connectivity index (χ2v) is 6.80. The molecule has 0 bridgehead atoms. The lowest BCUT2D eigenvalue weighted by molar-refractivity contribution is 0.102. The lowest BCUT2D eigenvalue weighted by Gasteiger charge is -2.17. The van der Waals surface area contributed by atoms with E-state index < -0.39 is 0 Å². The first kappa shape index (κ1) is 18.0. The molecule has 0 unspecified atom stereocenters. The molecule has 142 valence electrons. The van der Waals surface area contributed by atoms with Crippen molar-refractivity contribution in [3.63, 3.8) is 0 Å². The Morgan fingerprint density at radius 3 is 2.54 bits per heavy atom. The van der Waals surface area contributed by atoms with Crippen molar-refractivity contribution in [2.45, 2.75) is 19.4 Å². The van der Waals surface area contributed by atoms with Crippen LogP contribution in [-0.2, 0) is 6.54 Å². The number of nitrogens with one attached hydrogen (secondary N) is 2. The van der Waals surface area contributed by atoms with E-state index in [-0.39, 0.29) is 5.91 Å². The van der Waals surface area contributed by atoms with Gasteiger partial charge >= 0.3 is 0 Å². The molecule has 1 aliphatic heterocycles. The van der Waals surface area contributed by atoms with E-state index in [0.717, 1.165) is 24.5 Å². The van der Waals surface area contributed by atoms with Gasteiger partial charge in [0.15, 0.2) is 0 Å². The third-order valence-electron chi connectivity index (χ3n) is 4.80. The van der Waals surface area contributed by atoms with Crippen molar-refractivity contribution in [2.75, 3.05) is 28.6 Å². The summed E-state index contributed by atoms with van der Waals surface area (Å²) in [6.07, 6.45) is 5.88. The molecule has 3 aromatic rings. The number of pyridine rings is 2. The van der Waals surface area contributed by atoms with Crippen molar-refractivity contribution in [1.29, 1.82) is 0 Å². The lowest BCUT2D eigenvalue weighted by atomic mass is 10.2. The van der Waals surface area contributed by atoms with Gasteiger partial charge in [0.05, 0.1) is 12.2 Å². The molecule has 1 fully saturated rings. The first-order chi connectivity index (χ1) is 13.8. The Kier molecular flexibility index (Phi) is 5.47. The first-order valence-electron chi connectivity index (χ1n) is 9.54. The van der Waals surface area contributed by atoms with Gasteiger partial charge in [-0.3, -0.25) is 9.78 Å². The molecule has 0 aliphatic carbocycles. The number of carbonyl (C=O) groups is 1. The molecule has 0 radical (unpaired) electrons. The minimum Gasteiger partial charge on any atom is -0.372 e. The van der Waals surface area contributed by atoms with Gasteiger partial charge < -0.3 is 15.5 Å². The van der Waals surface area contributed by atoms with Gasteiger partial charge in [-0.2, -0.15) is 0 Å². The number of hydrogen-bond donors (Lipinski definition) is 2. The average molecular weight is 373 g/mol. The van der Waals surface area contributed by atoms with Crippen LogP contribution in [0.25, 0.3) is 0 Å². The van der Waals surface area contributed by atoms with Crippen LogP contribution in [0.15, 0.2) is 67.0 Å². The van der Waals surface area contributed by atoms with Crippen LogP contribution in [0, 0.1) is 0 Å². The Morgan fingerprint density at radius 2 is 1.79 bits per heavy atom. The van der Waals surface area contributed by atoms with Crippen LogP contribution in [0.2, 0.25) is 0 Å². The highest BCUT2D eigenvalue weighted by Gasteiger charge is 2.12. The van der Waals surface area contributed by atoms with E-state index in [1.807, 2.05) is 30.3 Å². The Labute approximate surface area is 164 Å². The number of anilines is 3. The van der Waals surface area contributed by atoms with Crippen LogP contribution in [-0.4, -0.2) is 29.0 Å². The molecule has 0 spiro atoms. The van der Waals surface area contributed by atoms with Crippen LogP contribution >= 0.6 is 0 Å². The van der Waals surface area contributed by atoms with E-state index in [0.29, 0.717) is 17.9 Å². The second kappa shape index (κ2) is 8.52. The molecule has 1 amide bonds. The third kappa shape index (κ3) is 4.46. The molecule has 1 aliphatic rings. The molecular weight excluding hydrogens is 350 g/mol. The van der Waals surface area contributed by atoms with Crippen molar-refractivity contribution >= 4 is 23.1 Å². The maximum atomic E-state index is 12.6. The molecule has 28 heavy (non-hydrogen) atoms. The van der Waals surface area contributed by atoms with Crippen LogP contribution in [0.4, 0.5) is 17.2 Å². The van der Waals surface area contributed by atoms with Gasteiger partial charge in [0.25, 0.3) is 5.91 Å². The van der Waals surface area contributed by atoms with Gasteiger partial charge in [-0.1, -0.05) is 6.07 Å². The van der Waals surface area contributed by atoms with Crippen molar-refractivity contribution in [1.82, 2.24) is 9.97 Å². The van der Waals surface area contributed by atoms with Gasteiger partial charge in [-0.15, -0.1) is 0 Å². The molecule has 0 saturated carbocycles. The summed E-state index contributed by atoms with van der Waals surface area (Å²) in [5.41, 5.74) is 3.47. The fourth-order valence-corrected chi connectivity index (χ4v) is 3.29. The molecule has 6 nitrogen and oxygen atoms in total. The average Bonchev–Trinajstić information content (AvgIpc) is 3.29. The standard InChI is InChI=1S/C22H23N5O/c28-22(26-18-6-8-20(9-7-18)27-13-3-4-14-27)17-10-12-24-21(15-17)25-16-19-5-1-2-11-23-19/h1-2,5-12,15H,3-4,13-14,16H2,(H,24,25)(H,26,28). The Hall–Kier alpha value is -3.41. The van der Waals surface area contributed by atoms with Gasteiger partial charge in [-0.25, -0.2) is 4.98 Å². The summed E-state index contributed by atoms with van der Waals surface area (Å²) in [6.45, 7) is 2.77. The first-order valence-corrected chi connectivity index (χ1v) is 9.54. The second-order valence-electron chi connectivity index (χ2n) is 6.80. The predicted octanol–water partition coefficient (Wildman–Crippen LogP) is 3.94. The van der Waals surface area contributed by atoms with E-state index in [4.69, 9.17) is 0 Å². The topological polar surface area (TPSA) is 70.2 Å². The van der Waals surface area contributed by atoms with Crippen LogP contribution < -0.4 is 15.5 Å². The fraction of sp³-hybridized carbons (Fsp3) is 0.227. The molecule has 4 rings (SSSR count). The molecule has 2 N–H and O–H groups in total. The lowest BCUT2D eigenvalue weighted by Crippen LogP contribution is -2.17. The molecule has 6 heteroatoms. The number of nitrogens with zero attached hydrogens (tertiary/aromatic N) is 3. The third-order valence-corrected chi connectivity index (χ3v) is 4.80. The summed E-state index contributed by atoms with van der Waals surface area (Å²) in [5.74, 6) is 0.486. The van der Waals surface area contributed by atoms with Gasteiger partial charge in [-0.05, 0) is 61.4 Å². The molecular formula is C22H23N5O. The van der Waals surface area contributed by atoms with E-state index in [1.165, 1.54) is 18.5 Å². The summed E-state index contributed by atoms with van der Waals surface area (Å²) < 4.78 is 0. The highest BCUT2D eigenvalue weighted by atomic mass is 16.1.